The molecule has 13 nitrogen and oxygen atoms in total. The number of halogens is 4. The number of carbonyl (C=O) groups excluding carboxylic acids is 2. The number of pyridine rings is 1. The van der Waals surface area contributed by atoms with E-state index in [1.54, 1.807) is 30.8 Å². The summed E-state index contributed by atoms with van der Waals surface area (Å²) in [7, 11) is 3.44. The number of hydrogen-bond donors (Lipinski definition) is 2. The van der Waals surface area contributed by atoms with Gasteiger partial charge in [0.2, 0.25) is 11.3 Å². The van der Waals surface area contributed by atoms with Gasteiger partial charge in [-0.15, -0.1) is 6.42 Å². The highest BCUT2D eigenvalue weighted by Gasteiger charge is 2.35. The number of amides is 2. The molecule has 17 heteroatoms. The van der Waals surface area contributed by atoms with Crippen LogP contribution in [0.25, 0.3) is 11.2 Å². The minimum absolute atomic E-state index is 0.0191. The average Bonchev–Trinajstić information content (AvgIpc) is 3.06. The number of rotatable bonds is 7. The summed E-state index contributed by atoms with van der Waals surface area (Å²) in [5.41, 5.74) is -0.835. The first kappa shape index (κ1) is 34.9. The van der Waals surface area contributed by atoms with Crippen molar-refractivity contribution in [3.8, 4) is 18.1 Å². The second kappa shape index (κ2) is 13.6. The largest absolute Gasteiger partial charge is 0.504 e. The molecule has 1 atom stereocenters. The van der Waals surface area contributed by atoms with Gasteiger partial charge in [0.15, 0.2) is 22.6 Å². The summed E-state index contributed by atoms with van der Waals surface area (Å²) in [5.74, 6) is 1.47. The number of aromatic hydroxyl groups is 1. The van der Waals surface area contributed by atoms with Crippen LogP contribution in [0.4, 0.5) is 30.4 Å². The fourth-order valence-electron chi connectivity index (χ4n) is 5.54. The van der Waals surface area contributed by atoms with Crippen LogP contribution in [0.3, 0.4) is 0 Å². The van der Waals surface area contributed by atoms with Crippen molar-refractivity contribution >= 4 is 51.8 Å². The van der Waals surface area contributed by atoms with Crippen LogP contribution in [-0.4, -0.2) is 86.1 Å². The zero-order valence-electron chi connectivity index (χ0n) is 26.8. The molecule has 5 rings (SSSR count). The van der Waals surface area contributed by atoms with E-state index in [0.717, 1.165) is 12.1 Å². The van der Waals surface area contributed by atoms with Crippen LogP contribution in [0.5, 0.6) is 5.75 Å². The molecule has 0 unspecified atom stereocenters. The Balaban J connectivity index is 1.56. The van der Waals surface area contributed by atoms with Crippen molar-refractivity contribution in [2.45, 2.75) is 39.0 Å². The van der Waals surface area contributed by atoms with Crippen LogP contribution in [0.2, 0.25) is 5.02 Å². The van der Waals surface area contributed by atoms with Crippen LogP contribution in [0, 0.1) is 19.3 Å². The van der Waals surface area contributed by atoms with E-state index in [1.807, 2.05) is 0 Å². The lowest BCUT2D eigenvalue weighted by Crippen LogP contribution is -2.56. The predicted octanol–water partition coefficient (Wildman–Crippen LogP) is 3.50. The highest BCUT2D eigenvalue weighted by molar-refractivity contribution is 6.33. The van der Waals surface area contributed by atoms with E-state index in [2.05, 4.69) is 31.2 Å². The number of alkyl halides is 3. The highest BCUT2D eigenvalue weighted by Crippen LogP contribution is 2.34. The molecule has 49 heavy (non-hydrogen) atoms. The number of nitrogens with zero attached hydrogens (tertiary/aromatic N) is 8. The molecular weight excluding hydrogens is 667 g/mol. The van der Waals surface area contributed by atoms with E-state index in [-0.39, 0.29) is 70.8 Å². The Morgan fingerprint density at radius 3 is 2.57 bits per heavy atom. The highest BCUT2D eigenvalue weighted by atomic mass is 35.5. The zero-order chi connectivity index (χ0) is 35.8. The second-order valence-corrected chi connectivity index (χ2v) is 11.8. The van der Waals surface area contributed by atoms with Gasteiger partial charge in [-0.1, -0.05) is 24.4 Å². The Morgan fingerprint density at radius 1 is 1.20 bits per heavy atom. The third-order valence-electron chi connectivity index (χ3n) is 8.05. The summed E-state index contributed by atoms with van der Waals surface area (Å²) in [4.78, 5) is 62.7. The van der Waals surface area contributed by atoms with Crippen LogP contribution in [0.1, 0.15) is 34.4 Å². The molecule has 1 fully saturated rings. The number of fused-ring (bicyclic) bond motifs is 1. The van der Waals surface area contributed by atoms with E-state index in [4.69, 9.17) is 18.0 Å². The second-order valence-electron chi connectivity index (χ2n) is 11.4. The first-order valence-electron chi connectivity index (χ1n) is 14.9. The Kier molecular flexibility index (Phi) is 9.68. The summed E-state index contributed by atoms with van der Waals surface area (Å²) in [6.45, 7) is 3.10. The molecule has 2 N–H and O–H groups in total. The van der Waals surface area contributed by atoms with Crippen LogP contribution < -0.4 is 20.5 Å². The summed E-state index contributed by atoms with van der Waals surface area (Å²) in [5, 5.41) is 12.6. The van der Waals surface area contributed by atoms with Gasteiger partial charge in [0.1, 0.15) is 30.4 Å². The fraction of sp³-hybridized carbons (Fsp3) is 0.344. The monoisotopic (exact) mass is 697 g/mol. The Bertz CT molecular complexity index is 2060. The Morgan fingerprint density at radius 2 is 1.94 bits per heavy atom. The minimum Gasteiger partial charge on any atom is -0.504 e. The van der Waals surface area contributed by atoms with Gasteiger partial charge in [0, 0.05) is 32.9 Å². The molecule has 1 aliphatic heterocycles. The minimum atomic E-state index is -4.62. The zero-order valence-corrected chi connectivity index (χ0v) is 27.6. The molecule has 3 aromatic heterocycles. The normalized spacial score (nSPS) is 14.9. The van der Waals surface area contributed by atoms with E-state index >= 15 is 0 Å². The summed E-state index contributed by atoms with van der Waals surface area (Å²) in [6, 6.07) is 1.77. The van der Waals surface area contributed by atoms with Gasteiger partial charge >= 0.3 is 6.18 Å². The Labute approximate surface area is 283 Å². The lowest BCUT2D eigenvalue weighted by Gasteiger charge is -2.41. The number of aromatic nitrogens is 5. The smallest absolute Gasteiger partial charge is 0.416 e. The molecule has 4 aromatic rings. The quantitative estimate of drug-likeness (QED) is 0.275. The van der Waals surface area contributed by atoms with Crippen molar-refractivity contribution in [1.29, 1.82) is 0 Å². The molecule has 4 heterocycles. The fourth-order valence-corrected chi connectivity index (χ4v) is 5.77. The van der Waals surface area contributed by atoms with E-state index < -0.39 is 41.6 Å². The number of hydrogen-bond acceptors (Lipinski definition) is 10. The van der Waals surface area contributed by atoms with Gasteiger partial charge < -0.3 is 29.7 Å². The molecule has 0 spiro atoms. The maximum absolute atomic E-state index is 14.3. The molecule has 1 aliphatic rings. The molecule has 0 aliphatic carbocycles. The number of nitrogens with one attached hydrogen (secondary N) is 1. The SMILES string of the molecule is C#C[C@H]1CN(C(=O)c2ncnc(C)c2O)CCN1c1c(CC)n(CC(=O)Nc2ccc(C(F)(F)F)cc2Cl)c2ncc(N(C)C)nc2c1=O. The summed E-state index contributed by atoms with van der Waals surface area (Å²) in [6.07, 6.45) is 4.20. The van der Waals surface area contributed by atoms with Crippen molar-refractivity contribution in [3.63, 3.8) is 0 Å². The lowest BCUT2D eigenvalue weighted by molar-refractivity contribution is -0.137. The van der Waals surface area contributed by atoms with Gasteiger partial charge in [-0.2, -0.15) is 13.2 Å². The number of piperazine rings is 1. The maximum atomic E-state index is 14.3. The van der Waals surface area contributed by atoms with Crippen molar-refractivity contribution in [2.24, 2.45) is 0 Å². The van der Waals surface area contributed by atoms with E-state index in [9.17, 15) is 32.7 Å². The average molecular weight is 698 g/mol. The standard InChI is InChI=1S/C32H31ClF3N9O4/c1-6-19-14-43(31(49)26-28(47)17(3)38-16-39-26)10-11-44(19)27-22(7-2)45(30-25(29(27)48)41-23(13-37-30)42(4)5)15-24(46)40-21-9-8-18(12-20(21)33)32(34,35)36/h1,8-9,12-13,16,19,47H,7,10-11,14-15H2,2-5H3,(H,40,46)/t19-/m0/s1. The number of anilines is 3. The number of aryl methyl sites for hydroxylation is 1. The third kappa shape index (κ3) is 6.79. The predicted molar refractivity (Wildman–Crippen MR) is 177 cm³/mol. The van der Waals surface area contributed by atoms with Gasteiger partial charge in [-0.3, -0.25) is 14.4 Å². The van der Waals surface area contributed by atoms with Crippen molar-refractivity contribution in [3.05, 3.63) is 68.6 Å². The van der Waals surface area contributed by atoms with Gasteiger partial charge in [-0.25, -0.2) is 19.9 Å². The molecule has 0 saturated carbocycles. The van der Waals surface area contributed by atoms with Crippen LogP contribution in [-0.2, 0) is 23.9 Å². The summed E-state index contributed by atoms with van der Waals surface area (Å²) >= 11 is 6.09. The van der Waals surface area contributed by atoms with Crippen molar-refractivity contribution in [2.75, 3.05) is 48.8 Å². The number of carbonyl (C=O) groups is 2. The molecule has 0 radical (unpaired) electrons. The third-order valence-corrected chi connectivity index (χ3v) is 8.36. The summed E-state index contributed by atoms with van der Waals surface area (Å²) < 4.78 is 41.0. The van der Waals surface area contributed by atoms with Gasteiger partial charge in [0.25, 0.3) is 5.91 Å². The van der Waals surface area contributed by atoms with Crippen molar-refractivity contribution in [1.82, 2.24) is 29.4 Å². The van der Waals surface area contributed by atoms with Crippen LogP contribution in [0.15, 0.2) is 35.5 Å². The van der Waals surface area contributed by atoms with Gasteiger partial charge in [0.05, 0.1) is 34.7 Å². The van der Waals surface area contributed by atoms with Crippen molar-refractivity contribution < 1.29 is 27.9 Å². The molecule has 2 amide bonds. The van der Waals surface area contributed by atoms with Crippen LogP contribution >= 0.6 is 11.6 Å². The lowest BCUT2D eigenvalue weighted by atomic mass is 10.1. The molecular formula is C32H31ClF3N9O4. The first-order chi connectivity index (χ1) is 23.2. The number of benzene rings is 1. The maximum Gasteiger partial charge on any atom is 0.416 e. The molecule has 1 aromatic carbocycles. The topological polar surface area (TPSA) is 150 Å². The first-order valence-corrected chi connectivity index (χ1v) is 15.3. The molecule has 0 bridgehead atoms. The van der Waals surface area contributed by atoms with Gasteiger partial charge in [-0.05, 0) is 31.5 Å². The van der Waals surface area contributed by atoms with E-state index in [0.29, 0.717) is 17.6 Å². The number of terminal acetylenes is 1. The van der Waals surface area contributed by atoms with E-state index in [1.165, 1.54) is 28.9 Å². The Hall–Kier alpha value is -5.43. The molecule has 256 valence electrons. The molecule has 1 saturated heterocycles.